The Bertz CT molecular complexity index is 522. The number of halogens is 2. The molecule has 74 valence electrons. The summed E-state index contributed by atoms with van der Waals surface area (Å²) < 4.78 is 3.97. The molecule has 0 fully saturated rings. The van der Waals surface area contributed by atoms with Gasteiger partial charge in [0.15, 0.2) is 0 Å². The van der Waals surface area contributed by atoms with Gasteiger partial charge in [-0.3, -0.25) is 9.13 Å². The fraction of sp³-hybridized carbons (Fsp3) is 0.222. The van der Waals surface area contributed by atoms with Crippen molar-refractivity contribution in [2.75, 3.05) is 0 Å². The van der Waals surface area contributed by atoms with Gasteiger partial charge in [-0.25, -0.2) is 4.79 Å². The van der Waals surface area contributed by atoms with Crippen LogP contribution in [0, 0.1) is 0 Å². The Hall–Kier alpha value is -0.740. The van der Waals surface area contributed by atoms with E-state index in [1.165, 1.54) is 0 Å². The number of rotatable bonds is 0. The van der Waals surface area contributed by atoms with Crippen molar-refractivity contribution in [3.05, 3.63) is 32.1 Å². The zero-order valence-corrected chi connectivity index (χ0v) is 10.1. The minimum Gasteiger partial charge on any atom is -0.295 e. The number of aromatic nitrogens is 2. The lowest BCUT2D eigenvalue weighted by Crippen LogP contribution is -2.19. The molecule has 0 N–H and O–H groups in total. The molecular formula is C9H8BrClN2O. The second-order valence-corrected chi connectivity index (χ2v) is 4.42. The Morgan fingerprint density at radius 2 is 1.71 bits per heavy atom. The van der Waals surface area contributed by atoms with Crippen molar-refractivity contribution in [1.82, 2.24) is 9.13 Å². The molecular weight excluding hydrogens is 267 g/mol. The van der Waals surface area contributed by atoms with E-state index in [4.69, 9.17) is 11.6 Å². The molecule has 2 rings (SSSR count). The Labute approximate surface area is 94.0 Å². The van der Waals surface area contributed by atoms with Crippen LogP contribution in [0.15, 0.2) is 21.4 Å². The van der Waals surface area contributed by atoms with Crippen LogP contribution in [0.4, 0.5) is 0 Å². The van der Waals surface area contributed by atoms with E-state index >= 15 is 0 Å². The summed E-state index contributed by atoms with van der Waals surface area (Å²) in [5.74, 6) is 0. The summed E-state index contributed by atoms with van der Waals surface area (Å²) in [4.78, 5) is 11.6. The van der Waals surface area contributed by atoms with Crippen molar-refractivity contribution in [1.29, 1.82) is 0 Å². The maximum atomic E-state index is 11.6. The summed E-state index contributed by atoms with van der Waals surface area (Å²) in [6.07, 6.45) is 0. The van der Waals surface area contributed by atoms with E-state index in [2.05, 4.69) is 15.9 Å². The van der Waals surface area contributed by atoms with Gasteiger partial charge in [0, 0.05) is 18.6 Å². The first kappa shape index (κ1) is 9.80. The predicted molar refractivity (Wildman–Crippen MR) is 60.9 cm³/mol. The molecule has 2 aromatic rings. The molecule has 0 saturated carbocycles. The molecule has 1 heterocycles. The van der Waals surface area contributed by atoms with Crippen LogP contribution in [-0.2, 0) is 14.1 Å². The third kappa shape index (κ3) is 1.21. The van der Waals surface area contributed by atoms with Gasteiger partial charge in [0.05, 0.1) is 16.1 Å². The summed E-state index contributed by atoms with van der Waals surface area (Å²) in [5, 5.41) is 0.610. The van der Waals surface area contributed by atoms with Crippen LogP contribution in [0.1, 0.15) is 0 Å². The van der Waals surface area contributed by atoms with Crippen LogP contribution in [-0.4, -0.2) is 9.13 Å². The number of hydrogen-bond acceptors (Lipinski definition) is 1. The van der Waals surface area contributed by atoms with Gasteiger partial charge in [0.25, 0.3) is 0 Å². The van der Waals surface area contributed by atoms with Crippen LogP contribution < -0.4 is 5.69 Å². The van der Waals surface area contributed by atoms with E-state index in [0.717, 1.165) is 15.5 Å². The Morgan fingerprint density at radius 1 is 1.21 bits per heavy atom. The van der Waals surface area contributed by atoms with E-state index in [1.54, 1.807) is 29.3 Å². The van der Waals surface area contributed by atoms with Crippen LogP contribution in [0.3, 0.4) is 0 Å². The Balaban J connectivity index is 3.04. The Kier molecular flexibility index (Phi) is 2.20. The molecule has 3 nitrogen and oxygen atoms in total. The van der Waals surface area contributed by atoms with Crippen LogP contribution >= 0.6 is 27.5 Å². The van der Waals surface area contributed by atoms with Crippen LogP contribution in [0.5, 0.6) is 0 Å². The van der Waals surface area contributed by atoms with Gasteiger partial charge in [-0.2, -0.15) is 0 Å². The molecule has 0 aliphatic heterocycles. The van der Waals surface area contributed by atoms with E-state index in [0.29, 0.717) is 5.02 Å². The quantitative estimate of drug-likeness (QED) is 0.725. The molecule has 14 heavy (non-hydrogen) atoms. The predicted octanol–water partition coefficient (Wildman–Crippen LogP) is 2.29. The van der Waals surface area contributed by atoms with Crippen molar-refractivity contribution in [3.63, 3.8) is 0 Å². The Morgan fingerprint density at radius 3 is 2.29 bits per heavy atom. The average molecular weight is 276 g/mol. The van der Waals surface area contributed by atoms with Crippen LogP contribution in [0.2, 0.25) is 5.02 Å². The van der Waals surface area contributed by atoms with Crippen LogP contribution in [0.25, 0.3) is 11.0 Å². The summed E-state index contributed by atoms with van der Waals surface area (Å²) in [7, 11) is 3.47. The monoisotopic (exact) mass is 274 g/mol. The summed E-state index contributed by atoms with van der Waals surface area (Å²) >= 11 is 9.28. The third-order valence-electron chi connectivity index (χ3n) is 2.31. The van der Waals surface area contributed by atoms with Gasteiger partial charge in [-0.15, -0.1) is 0 Å². The molecule has 0 unspecified atom stereocenters. The highest BCUT2D eigenvalue weighted by atomic mass is 79.9. The molecule has 0 bridgehead atoms. The van der Waals surface area contributed by atoms with E-state index in [1.807, 2.05) is 6.07 Å². The van der Waals surface area contributed by atoms with Crippen molar-refractivity contribution in [3.8, 4) is 0 Å². The molecule has 0 atom stereocenters. The number of hydrogen-bond donors (Lipinski definition) is 0. The number of aryl methyl sites for hydroxylation is 2. The fourth-order valence-corrected chi connectivity index (χ4v) is 1.98. The van der Waals surface area contributed by atoms with Crippen molar-refractivity contribution < 1.29 is 0 Å². The summed E-state index contributed by atoms with van der Waals surface area (Å²) in [6, 6.07) is 3.63. The maximum Gasteiger partial charge on any atom is 0.328 e. The largest absolute Gasteiger partial charge is 0.328 e. The lowest BCUT2D eigenvalue weighted by molar-refractivity contribution is 0.795. The smallest absolute Gasteiger partial charge is 0.295 e. The van der Waals surface area contributed by atoms with Gasteiger partial charge in [-0.05, 0) is 28.1 Å². The molecule has 0 aliphatic carbocycles. The molecule has 1 aromatic carbocycles. The highest BCUT2D eigenvalue weighted by Gasteiger charge is 2.09. The number of benzene rings is 1. The first-order chi connectivity index (χ1) is 6.52. The summed E-state index contributed by atoms with van der Waals surface area (Å²) in [6.45, 7) is 0. The standard InChI is InChI=1S/C9H8BrClN2O/c1-12-7-3-5(10)6(11)4-8(7)13(2)9(12)14/h3-4H,1-2H3. The highest BCUT2D eigenvalue weighted by Crippen LogP contribution is 2.27. The lowest BCUT2D eigenvalue weighted by atomic mass is 10.3. The minimum atomic E-state index is -0.0471. The van der Waals surface area contributed by atoms with E-state index < -0.39 is 0 Å². The first-order valence-corrected chi connectivity index (χ1v) is 5.20. The molecule has 0 amide bonds. The van der Waals surface area contributed by atoms with Gasteiger partial charge >= 0.3 is 5.69 Å². The molecule has 0 saturated heterocycles. The molecule has 1 aromatic heterocycles. The van der Waals surface area contributed by atoms with Crippen molar-refractivity contribution in [2.45, 2.75) is 0 Å². The average Bonchev–Trinajstić information content (AvgIpc) is 2.34. The highest BCUT2D eigenvalue weighted by molar-refractivity contribution is 9.10. The lowest BCUT2D eigenvalue weighted by Gasteiger charge is -1.98. The number of imidazole rings is 1. The number of nitrogens with zero attached hydrogens (tertiary/aromatic N) is 2. The molecule has 5 heteroatoms. The maximum absolute atomic E-state index is 11.6. The van der Waals surface area contributed by atoms with Gasteiger partial charge in [0.2, 0.25) is 0 Å². The SMILES string of the molecule is Cn1c(=O)n(C)c2cc(Br)c(Cl)cc21. The topological polar surface area (TPSA) is 26.9 Å². The molecule has 0 radical (unpaired) electrons. The second-order valence-electron chi connectivity index (χ2n) is 3.16. The van der Waals surface area contributed by atoms with E-state index in [-0.39, 0.29) is 5.69 Å². The fourth-order valence-electron chi connectivity index (χ4n) is 1.49. The van der Waals surface area contributed by atoms with Gasteiger partial charge < -0.3 is 0 Å². The summed E-state index contributed by atoms with van der Waals surface area (Å²) in [5.41, 5.74) is 1.66. The zero-order chi connectivity index (χ0) is 10.5. The second kappa shape index (κ2) is 3.14. The van der Waals surface area contributed by atoms with Crippen molar-refractivity contribution in [2.24, 2.45) is 14.1 Å². The minimum absolute atomic E-state index is 0.0471. The number of fused-ring (bicyclic) bond motifs is 1. The van der Waals surface area contributed by atoms with Gasteiger partial charge in [-0.1, -0.05) is 11.6 Å². The zero-order valence-electron chi connectivity index (χ0n) is 7.71. The van der Waals surface area contributed by atoms with Gasteiger partial charge in [0.1, 0.15) is 0 Å². The third-order valence-corrected chi connectivity index (χ3v) is 3.51. The normalized spacial score (nSPS) is 11.1. The molecule has 0 aliphatic rings. The van der Waals surface area contributed by atoms with Crippen molar-refractivity contribution >= 4 is 38.6 Å². The molecule has 0 spiro atoms. The van der Waals surface area contributed by atoms with E-state index in [9.17, 15) is 4.79 Å². The first-order valence-electron chi connectivity index (χ1n) is 4.03.